The Morgan fingerprint density at radius 2 is 2.06 bits per heavy atom. The minimum Gasteiger partial charge on any atom is -0.374 e. The minimum absolute atomic E-state index is 0.176. The third-order valence-corrected chi connectivity index (χ3v) is 3.22. The Bertz CT molecular complexity index is 401. The van der Waals surface area contributed by atoms with E-state index < -0.39 is 23.3 Å². The predicted octanol–water partition coefficient (Wildman–Crippen LogP) is 2.67. The molecule has 1 aromatic carbocycles. The van der Waals surface area contributed by atoms with E-state index in [-0.39, 0.29) is 5.56 Å². The Morgan fingerprint density at radius 1 is 1.39 bits per heavy atom. The molecule has 0 spiro atoms. The second-order valence-electron chi connectivity index (χ2n) is 4.36. The Hall–Kier alpha value is -1.04. The van der Waals surface area contributed by atoms with Crippen molar-refractivity contribution in [3.63, 3.8) is 0 Å². The van der Waals surface area contributed by atoms with Crippen molar-refractivity contribution in [1.82, 2.24) is 5.43 Å². The van der Waals surface area contributed by atoms with Crippen LogP contribution in [-0.2, 0) is 4.74 Å². The molecular formula is C13H20F2N2O. The molecular weight excluding hydrogens is 238 g/mol. The lowest BCUT2D eigenvalue weighted by Gasteiger charge is -2.36. The summed E-state index contributed by atoms with van der Waals surface area (Å²) in [5.74, 6) is 4.50. The van der Waals surface area contributed by atoms with Crippen LogP contribution < -0.4 is 11.3 Å². The van der Waals surface area contributed by atoms with Crippen LogP contribution in [-0.4, -0.2) is 12.2 Å². The molecule has 0 saturated heterocycles. The molecule has 3 nitrogen and oxygen atoms in total. The van der Waals surface area contributed by atoms with Gasteiger partial charge in [0.15, 0.2) is 0 Å². The summed E-state index contributed by atoms with van der Waals surface area (Å²) in [6.45, 7) is 6.06. The Morgan fingerprint density at radius 3 is 2.56 bits per heavy atom. The highest BCUT2D eigenvalue weighted by atomic mass is 19.1. The summed E-state index contributed by atoms with van der Waals surface area (Å²) in [4.78, 5) is 0. The van der Waals surface area contributed by atoms with Crippen LogP contribution in [0.3, 0.4) is 0 Å². The molecule has 0 heterocycles. The van der Waals surface area contributed by atoms with Crippen molar-refractivity contribution < 1.29 is 13.5 Å². The zero-order valence-electron chi connectivity index (χ0n) is 11.0. The van der Waals surface area contributed by atoms with Gasteiger partial charge in [-0.15, -0.1) is 0 Å². The molecule has 0 aliphatic heterocycles. The van der Waals surface area contributed by atoms with Crippen LogP contribution >= 0.6 is 0 Å². The first-order valence-electron chi connectivity index (χ1n) is 6.03. The average molecular weight is 258 g/mol. The average Bonchev–Trinajstić information content (AvgIpc) is 2.34. The first kappa shape index (κ1) is 15.0. The summed E-state index contributed by atoms with van der Waals surface area (Å²) in [6.07, 6.45) is 0.617. The zero-order chi connectivity index (χ0) is 13.8. The molecule has 0 aliphatic rings. The van der Waals surface area contributed by atoms with Crippen LogP contribution in [0.15, 0.2) is 18.2 Å². The standard InChI is InChI=1S/C13H20F2N2O/c1-4-13(3,18-5-2)12(17-16)10-8-9(14)6-7-11(10)15/h6-8,12,17H,4-5,16H2,1-3H3. The molecule has 1 aromatic rings. The third-order valence-electron chi connectivity index (χ3n) is 3.22. The Kier molecular flexibility index (Phi) is 5.19. The highest BCUT2D eigenvalue weighted by Crippen LogP contribution is 2.33. The fourth-order valence-electron chi connectivity index (χ4n) is 2.05. The highest BCUT2D eigenvalue weighted by Gasteiger charge is 2.35. The smallest absolute Gasteiger partial charge is 0.128 e. The van der Waals surface area contributed by atoms with Gasteiger partial charge < -0.3 is 4.74 Å². The van der Waals surface area contributed by atoms with E-state index in [4.69, 9.17) is 10.6 Å². The number of nitrogens with one attached hydrogen (secondary N) is 1. The molecule has 18 heavy (non-hydrogen) atoms. The van der Waals surface area contributed by atoms with E-state index in [1.807, 2.05) is 20.8 Å². The van der Waals surface area contributed by atoms with Crippen LogP contribution in [0, 0.1) is 11.6 Å². The van der Waals surface area contributed by atoms with Crippen molar-refractivity contribution in [2.45, 2.75) is 38.8 Å². The van der Waals surface area contributed by atoms with Gasteiger partial charge in [-0.2, -0.15) is 0 Å². The molecule has 2 atom stereocenters. The molecule has 0 bridgehead atoms. The molecule has 0 aliphatic carbocycles. The fourth-order valence-corrected chi connectivity index (χ4v) is 2.05. The number of ether oxygens (including phenoxy) is 1. The molecule has 1 rings (SSSR count). The van der Waals surface area contributed by atoms with Gasteiger partial charge >= 0.3 is 0 Å². The van der Waals surface area contributed by atoms with Gasteiger partial charge in [-0.1, -0.05) is 6.92 Å². The van der Waals surface area contributed by atoms with Gasteiger partial charge in [-0.25, -0.2) is 14.2 Å². The maximum Gasteiger partial charge on any atom is 0.128 e. The number of rotatable bonds is 6. The molecule has 102 valence electrons. The number of halogens is 2. The van der Waals surface area contributed by atoms with E-state index in [0.29, 0.717) is 13.0 Å². The van der Waals surface area contributed by atoms with E-state index in [9.17, 15) is 8.78 Å². The van der Waals surface area contributed by atoms with E-state index in [2.05, 4.69) is 5.43 Å². The summed E-state index contributed by atoms with van der Waals surface area (Å²) in [6, 6.07) is 2.71. The monoisotopic (exact) mass is 258 g/mol. The maximum absolute atomic E-state index is 13.8. The number of hydrogen-bond donors (Lipinski definition) is 2. The lowest BCUT2D eigenvalue weighted by Crippen LogP contribution is -2.46. The maximum atomic E-state index is 13.8. The highest BCUT2D eigenvalue weighted by molar-refractivity contribution is 5.25. The van der Waals surface area contributed by atoms with Crippen LogP contribution in [0.4, 0.5) is 8.78 Å². The zero-order valence-corrected chi connectivity index (χ0v) is 11.0. The van der Waals surface area contributed by atoms with Gasteiger partial charge in [0, 0.05) is 12.2 Å². The van der Waals surface area contributed by atoms with Crippen molar-refractivity contribution in [1.29, 1.82) is 0 Å². The van der Waals surface area contributed by atoms with Crippen molar-refractivity contribution >= 4 is 0 Å². The van der Waals surface area contributed by atoms with Gasteiger partial charge in [0.2, 0.25) is 0 Å². The largest absolute Gasteiger partial charge is 0.374 e. The summed E-state index contributed by atoms with van der Waals surface area (Å²) in [7, 11) is 0. The Balaban J connectivity index is 3.19. The van der Waals surface area contributed by atoms with E-state index in [1.54, 1.807) is 0 Å². The molecule has 0 radical (unpaired) electrons. The number of hydrazine groups is 1. The first-order valence-corrected chi connectivity index (χ1v) is 6.03. The second-order valence-corrected chi connectivity index (χ2v) is 4.36. The van der Waals surface area contributed by atoms with Crippen LogP contribution in [0.2, 0.25) is 0 Å². The lowest BCUT2D eigenvalue weighted by molar-refractivity contribution is -0.0571. The first-order chi connectivity index (χ1) is 8.48. The molecule has 0 fully saturated rings. The molecule has 2 unspecified atom stereocenters. The number of benzene rings is 1. The minimum atomic E-state index is -0.696. The SMILES string of the molecule is CCOC(C)(CC)C(NN)c1cc(F)ccc1F. The van der Waals surface area contributed by atoms with Gasteiger partial charge in [0.1, 0.15) is 11.6 Å². The van der Waals surface area contributed by atoms with Crippen LogP contribution in [0.1, 0.15) is 38.8 Å². The molecule has 5 heteroatoms. The molecule has 0 amide bonds. The van der Waals surface area contributed by atoms with Crippen LogP contribution in [0.5, 0.6) is 0 Å². The molecule has 3 N–H and O–H groups in total. The number of nitrogens with two attached hydrogens (primary N) is 1. The summed E-state index contributed by atoms with van der Waals surface area (Å²) < 4.78 is 32.7. The van der Waals surface area contributed by atoms with Crippen molar-refractivity contribution in [3.05, 3.63) is 35.4 Å². The van der Waals surface area contributed by atoms with Crippen LogP contribution in [0.25, 0.3) is 0 Å². The molecule has 0 saturated carbocycles. The lowest BCUT2D eigenvalue weighted by atomic mass is 9.87. The van der Waals surface area contributed by atoms with Crippen molar-refractivity contribution in [2.24, 2.45) is 5.84 Å². The third kappa shape index (κ3) is 3.04. The van der Waals surface area contributed by atoms with Crippen molar-refractivity contribution in [2.75, 3.05) is 6.61 Å². The summed E-state index contributed by atoms with van der Waals surface area (Å²) in [5, 5.41) is 0. The van der Waals surface area contributed by atoms with Crippen molar-refractivity contribution in [3.8, 4) is 0 Å². The normalized spacial score (nSPS) is 16.3. The Labute approximate surface area is 106 Å². The second kappa shape index (κ2) is 6.22. The van der Waals surface area contributed by atoms with Gasteiger partial charge in [-0.05, 0) is 38.5 Å². The van der Waals surface area contributed by atoms with Gasteiger partial charge in [0.25, 0.3) is 0 Å². The predicted molar refractivity (Wildman–Crippen MR) is 66.7 cm³/mol. The van der Waals surface area contributed by atoms with E-state index in [1.165, 1.54) is 0 Å². The quantitative estimate of drug-likeness (QED) is 0.609. The fraction of sp³-hybridized carbons (Fsp3) is 0.538. The van der Waals surface area contributed by atoms with E-state index >= 15 is 0 Å². The summed E-state index contributed by atoms with van der Waals surface area (Å²) in [5.41, 5.74) is 2.01. The topological polar surface area (TPSA) is 47.3 Å². The van der Waals surface area contributed by atoms with E-state index in [0.717, 1.165) is 18.2 Å². The molecule has 0 aromatic heterocycles. The number of hydrogen-bond acceptors (Lipinski definition) is 3. The van der Waals surface area contributed by atoms with Gasteiger partial charge in [-0.3, -0.25) is 5.84 Å². The van der Waals surface area contributed by atoms with Gasteiger partial charge in [0.05, 0.1) is 11.6 Å². The summed E-state index contributed by atoms with van der Waals surface area (Å²) >= 11 is 0.